The molecule has 0 aliphatic heterocycles. The molecule has 0 N–H and O–H groups in total. The molecule has 0 amide bonds. The molecule has 0 fully saturated rings. The number of hydrogen-bond acceptors (Lipinski definition) is 3. The van der Waals surface area contributed by atoms with Crippen LogP contribution in [0.5, 0.6) is 0 Å². The first-order chi connectivity index (χ1) is 11.5. The minimum atomic E-state index is -0.463. The fraction of sp³-hybridized carbons (Fsp3) is 0.500. The number of ether oxygens (including phenoxy) is 1. The molecule has 4 heteroatoms. The second-order valence-electron chi connectivity index (χ2n) is 6.19. The smallest absolute Gasteiger partial charge is 0.355 e. The first-order valence-electron chi connectivity index (χ1n) is 8.79. The van der Waals surface area contributed by atoms with Gasteiger partial charge in [-0.3, -0.25) is 9.36 Å². The molecule has 0 atom stereocenters. The van der Waals surface area contributed by atoms with Gasteiger partial charge in [0.15, 0.2) is 0 Å². The number of rotatable bonds is 6. The van der Waals surface area contributed by atoms with Crippen LogP contribution in [0.3, 0.4) is 0 Å². The van der Waals surface area contributed by atoms with Crippen molar-refractivity contribution in [3.8, 4) is 0 Å². The first kappa shape index (κ1) is 18.2. The highest BCUT2D eigenvalue weighted by Gasteiger charge is 2.37. The summed E-state index contributed by atoms with van der Waals surface area (Å²) >= 11 is 0. The number of para-hydroxylation sites is 1. The lowest BCUT2D eigenvalue weighted by Gasteiger charge is -2.29. The summed E-state index contributed by atoms with van der Waals surface area (Å²) in [5.41, 5.74) is 1.48. The minimum Gasteiger partial charge on any atom is -0.461 e. The fourth-order valence-corrected chi connectivity index (χ4v) is 3.50. The summed E-state index contributed by atoms with van der Waals surface area (Å²) in [6.45, 7) is 10.0. The van der Waals surface area contributed by atoms with E-state index in [9.17, 15) is 9.59 Å². The molecule has 130 valence electrons. The Kier molecular flexibility index (Phi) is 5.47. The lowest BCUT2D eigenvalue weighted by Crippen LogP contribution is -2.35. The van der Waals surface area contributed by atoms with Crippen LogP contribution in [0.25, 0.3) is 10.9 Å². The van der Waals surface area contributed by atoms with E-state index in [2.05, 4.69) is 0 Å². The Labute approximate surface area is 143 Å². The highest BCUT2D eigenvalue weighted by molar-refractivity contribution is 6.06. The molecule has 0 unspecified atom stereocenters. The normalized spacial score (nSPS) is 11.7. The van der Waals surface area contributed by atoms with Crippen LogP contribution < -0.4 is 0 Å². The average molecular weight is 329 g/mol. The molecule has 0 spiro atoms. The van der Waals surface area contributed by atoms with Crippen LogP contribution >= 0.6 is 0 Å². The van der Waals surface area contributed by atoms with Crippen molar-refractivity contribution in [3.63, 3.8) is 0 Å². The van der Waals surface area contributed by atoms with Gasteiger partial charge in [0.05, 0.1) is 12.1 Å². The molecule has 0 aliphatic carbocycles. The quantitative estimate of drug-likeness (QED) is 0.702. The van der Waals surface area contributed by atoms with Crippen molar-refractivity contribution in [1.29, 1.82) is 0 Å². The largest absolute Gasteiger partial charge is 0.461 e. The van der Waals surface area contributed by atoms with Crippen molar-refractivity contribution < 1.29 is 14.3 Å². The van der Waals surface area contributed by atoms with Gasteiger partial charge in [0.2, 0.25) is 5.91 Å². The summed E-state index contributed by atoms with van der Waals surface area (Å²) in [4.78, 5) is 26.0. The van der Waals surface area contributed by atoms with Gasteiger partial charge in [0.25, 0.3) is 0 Å². The van der Waals surface area contributed by atoms with Crippen LogP contribution in [-0.4, -0.2) is 23.1 Å². The van der Waals surface area contributed by atoms with E-state index >= 15 is 0 Å². The molecule has 24 heavy (non-hydrogen) atoms. The maximum Gasteiger partial charge on any atom is 0.355 e. The summed E-state index contributed by atoms with van der Waals surface area (Å²) in [6, 6.07) is 7.66. The Morgan fingerprint density at radius 3 is 2.17 bits per heavy atom. The third-order valence-corrected chi connectivity index (χ3v) is 5.28. The highest BCUT2D eigenvalue weighted by atomic mass is 16.5. The molecule has 0 aliphatic rings. The number of nitrogens with zero attached hydrogens (tertiary/aromatic N) is 1. The van der Waals surface area contributed by atoms with Crippen LogP contribution in [0, 0.1) is 12.3 Å². The molecule has 0 saturated heterocycles. The van der Waals surface area contributed by atoms with Gasteiger partial charge >= 0.3 is 5.97 Å². The van der Waals surface area contributed by atoms with Gasteiger partial charge in [-0.05, 0) is 44.7 Å². The van der Waals surface area contributed by atoms with E-state index in [0.29, 0.717) is 5.69 Å². The SMILES string of the molecule is CCOC(=O)c1c(C)c2ccccc2n1C(=O)C(CC)(CC)CC. The second kappa shape index (κ2) is 7.20. The van der Waals surface area contributed by atoms with Gasteiger partial charge in [0, 0.05) is 10.8 Å². The van der Waals surface area contributed by atoms with E-state index in [1.54, 1.807) is 11.5 Å². The molecule has 2 aromatic rings. The van der Waals surface area contributed by atoms with Gasteiger partial charge in [-0.15, -0.1) is 0 Å². The maximum absolute atomic E-state index is 13.5. The molecule has 4 nitrogen and oxygen atoms in total. The number of carbonyl (C=O) groups excluding carboxylic acids is 2. The lowest BCUT2D eigenvalue weighted by atomic mass is 9.78. The van der Waals surface area contributed by atoms with E-state index < -0.39 is 11.4 Å². The molecule has 0 radical (unpaired) electrons. The first-order valence-corrected chi connectivity index (χ1v) is 8.79. The van der Waals surface area contributed by atoms with Crippen molar-refractivity contribution >= 4 is 22.8 Å². The number of carbonyl (C=O) groups is 2. The Balaban J connectivity index is 2.78. The number of esters is 1. The monoisotopic (exact) mass is 329 g/mol. The molecule has 2 rings (SSSR count). The van der Waals surface area contributed by atoms with E-state index in [1.807, 2.05) is 52.0 Å². The zero-order valence-electron chi connectivity index (χ0n) is 15.3. The number of aryl methyl sites for hydroxylation is 1. The minimum absolute atomic E-state index is 0.0117. The number of fused-ring (bicyclic) bond motifs is 1. The van der Waals surface area contributed by atoms with E-state index in [-0.39, 0.29) is 12.5 Å². The Bertz CT molecular complexity index is 745. The zero-order chi connectivity index (χ0) is 17.9. The second-order valence-corrected chi connectivity index (χ2v) is 6.19. The zero-order valence-corrected chi connectivity index (χ0v) is 15.3. The third kappa shape index (κ3) is 2.74. The Morgan fingerprint density at radius 1 is 1.04 bits per heavy atom. The van der Waals surface area contributed by atoms with Crippen molar-refractivity contribution in [2.45, 2.75) is 53.9 Å². The topological polar surface area (TPSA) is 48.3 Å². The van der Waals surface area contributed by atoms with Gasteiger partial charge in [0.1, 0.15) is 5.69 Å². The Hall–Kier alpha value is -2.10. The van der Waals surface area contributed by atoms with Crippen LogP contribution in [0.2, 0.25) is 0 Å². The van der Waals surface area contributed by atoms with Gasteiger partial charge < -0.3 is 4.74 Å². The summed E-state index contributed by atoms with van der Waals surface area (Å²) in [5, 5.41) is 0.922. The number of benzene rings is 1. The van der Waals surface area contributed by atoms with E-state index in [0.717, 1.165) is 35.7 Å². The van der Waals surface area contributed by atoms with Gasteiger partial charge in [-0.2, -0.15) is 0 Å². The maximum atomic E-state index is 13.5. The van der Waals surface area contributed by atoms with Gasteiger partial charge in [-0.25, -0.2) is 4.79 Å². The van der Waals surface area contributed by atoms with Crippen molar-refractivity contribution in [1.82, 2.24) is 4.57 Å². The van der Waals surface area contributed by atoms with E-state index in [1.165, 1.54) is 0 Å². The molecular weight excluding hydrogens is 302 g/mol. The predicted molar refractivity (Wildman–Crippen MR) is 96.6 cm³/mol. The van der Waals surface area contributed by atoms with Crippen molar-refractivity contribution in [2.75, 3.05) is 6.61 Å². The number of hydrogen-bond donors (Lipinski definition) is 0. The molecule has 1 aromatic heterocycles. The molecule has 1 aromatic carbocycles. The van der Waals surface area contributed by atoms with Gasteiger partial charge in [-0.1, -0.05) is 39.0 Å². The molecular formula is C20H27NO3. The molecule has 0 bridgehead atoms. The fourth-order valence-electron chi connectivity index (χ4n) is 3.50. The van der Waals surface area contributed by atoms with Crippen LogP contribution in [0.1, 0.15) is 67.8 Å². The number of aromatic nitrogens is 1. The van der Waals surface area contributed by atoms with Crippen LogP contribution in [0.15, 0.2) is 24.3 Å². The van der Waals surface area contributed by atoms with E-state index in [4.69, 9.17) is 4.74 Å². The molecule has 0 saturated carbocycles. The highest BCUT2D eigenvalue weighted by Crippen LogP contribution is 2.36. The third-order valence-electron chi connectivity index (χ3n) is 5.28. The predicted octanol–water partition coefficient (Wildman–Crippen LogP) is 4.98. The van der Waals surface area contributed by atoms with Crippen molar-refractivity contribution in [3.05, 3.63) is 35.5 Å². The Morgan fingerprint density at radius 2 is 1.62 bits per heavy atom. The van der Waals surface area contributed by atoms with Crippen LogP contribution in [-0.2, 0) is 4.74 Å². The summed E-state index contributed by atoms with van der Waals surface area (Å²) in [5.74, 6) is -0.445. The molecule has 1 heterocycles. The summed E-state index contributed by atoms with van der Waals surface area (Å²) in [7, 11) is 0. The summed E-state index contributed by atoms with van der Waals surface area (Å²) < 4.78 is 6.83. The average Bonchev–Trinajstić information content (AvgIpc) is 2.90. The lowest BCUT2D eigenvalue weighted by molar-refractivity contribution is 0.0492. The van der Waals surface area contributed by atoms with Crippen molar-refractivity contribution in [2.24, 2.45) is 5.41 Å². The standard InChI is InChI=1S/C20H27NO3/c1-6-20(7-2,8-3)19(23)21-16-13-11-10-12-15(16)14(5)17(21)18(22)24-9-4/h10-13H,6-9H2,1-5H3. The van der Waals surface area contributed by atoms with Crippen LogP contribution in [0.4, 0.5) is 0 Å². The summed E-state index contributed by atoms with van der Waals surface area (Å²) in [6.07, 6.45) is 2.23.